The summed E-state index contributed by atoms with van der Waals surface area (Å²) in [4.78, 5) is 11.9. The van der Waals surface area contributed by atoms with Gasteiger partial charge >= 0.3 is 0 Å². The Hall–Kier alpha value is -3.55. The minimum Gasteiger partial charge on any atom is -0.463 e. The Morgan fingerprint density at radius 3 is 2.88 bits per heavy atom. The number of hydrogen-bond donors (Lipinski definition) is 3. The van der Waals surface area contributed by atoms with E-state index in [1.165, 1.54) is 10.9 Å². The highest BCUT2D eigenvalue weighted by atomic mass is 16.3. The van der Waals surface area contributed by atoms with E-state index in [1.54, 1.807) is 18.3 Å². The highest BCUT2D eigenvalue weighted by Crippen LogP contribution is 2.32. The minimum atomic E-state index is -0.665. The van der Waals surface area contributed by atoms with Crippen LogP contribution in [0, 0.1) is 6.92 Å². The normalized spacial score (nSPS) is 11.2. The van der Waals surface area contributed by atoms with Crippen LogP contribution in [0.1, 0.15) is 15.9 Å². The third-order valence-electron chi connectivity index (χ3n) is 3.93. The molecular formula is C16H14N6O2. The molecule has 0 radical (unpaired) electrons. The molecule has 1 aromatic carbocycles. The molecular weight excluding hydrogens is 308 g/mol. The number of H-pyrrole nitrogens is 1. The van der Waals surface area contributed by atoms with Crippen molar-refractivity contribution >= 4 is 22.6 Å². The Bertz CT molecular complexity index is 1060. The lowest BCUT2D eigenvalue weighted by Crippen LogP contribution is -2.14. The number of nitrogen functional groups attached to an aromatic ring is 1. The summed E-state index contributed by atoms with van der Waals surface area (Å²) in [7, 11) is 0. The Balaban J connectivity index is 2.06. The second-order valence-electron chi connectivity index (χ2n) is 5.42. The highest BCUT2D eigenvalue weighted by Gasteiger charge is 2.25. The van der Waals surface area contributed by atoms with Crippen molar-refractivity contribution in [2.45, 2.75) is 6.92 Å². The van der Waals surface area contributed by atoms with Crippen LogP contribution in [0.15, 0.2) is 41.1 Å². The van der Waals surface area contributed by atoms with Crippen LogP contribution in [-0.2, 0) is 0 Å². The summed E-state index contributed by atoms with van der Waals surface area (Å²) in [6, 6.07) is 7.25. The predicted molar refractivity (Wildman–Crippen MR) is 88.6 cm³/mol. The zero-order chi connectivity index (χ0) is 16.8. The number of nitrogens with two attached hydrogens (primary N) is 2. The summed E-state index contributed by atoms with van der Waals surface area (Å²) in [5.74, 6) is -0.0841. The molecule has 4 aromatic rings. The van der Waals surface area contributed by atoms with Gasteiger partial charge in [-0.1, -0.05) is 6.07 Å². The Kier molecular flexibility index (Phi) is 2.92. The quantitative estimate of drug-likeness (QED) is 0.531. The lowest BCUT2D eigenvalue weighted by Gasteiger charge is -2.09. The molecule has 0 saturated carbocycles. The van der Waals surface area contributed by atoms with Crippen LogP contribution in [0.25, 0.3) is 28.0 Å². The van der Waals surface area contributed by atoms with Crippen LogP contribution in [0.2, 0.25) is 0 Å². The molecule has 0 aliphatic heterocycles. The van der Waals surface area contributed by atoms with E-state index in [0.717, 1.165) is 22.2 Å². The number of carbonyl (C=O) groups excluding carboxylic acids is 1. The smallest absolute Gasteiger partial charge is 0.254 e. The first-order valence-electron chi connectivity index (χ1n) is 7.23. The molecule has 4 rings (SSSR count). The lowest BCUT2D eigenvalue weighted by molar-refractivity contribution is 0.100. The molecule has 1 amide bonds. The monoisotopic (exact) mass is 322 g/mol. The molecule has 0 fully saturated rings. The maximum atomic E-state index is 11.9. The van der Waals surface area contributed by atoms with Crippen LogP contribution in [0.4, 0.5) is 5.82 Å². The van der Waals surface area contributed by atoms with Gasteiger partial charge in [0.25, 0.3) is 5.91 Å². The minimum absolute atomic E-state index is 0.129. The Labute approximate surface area is 136 Å². The van der Waals surface area contributed by atoms with Crippen molar-refractivity contribution in [1.29, 1.82) is 0 Å². The summed E-state index contributed by atoms with van der Waals surface area (Å²) >= 11 is 0. The molecule has 8 heteroatoms. The van der Waals surface area contributed by atoms with Crippen LogP contribution < -0.4 is 11.5 Å². The number of aryl methyl sites for hydroxylation is 1. The first-order chi connectivity index (χ1) is 11.6. The Morgan fingerprint density at radius 1 is 1.33 bits per heavy atom. The van der Waals surface area contributed by atoms with Gasteiger partial charge in [-0.05, 0) is 30.7 Å². The number of nitrogens with one attached hydrogen (secondary N) is 1. The summed E-state index contributed by atoms with van der Waals surface area (Å²) in [5.41, 5.74) is 14.7. The average Bonchev–Trinajstić information content (AvgIpc) is 3.25. The third kappa shape index (κ3) is 1.89. The molecule has 0 bridgehead atoms. The number of aromatic nitrogens is 4. The van der Waals surface area contributed by atoms with Crippen LogP contribution in [0.3, 0.4) is 0 Å². The van der Waals surface area contributed by atoms with Gasteiger partial charge < -0.3 is 15.9 Å². The van der Waals surface area contributed by atoms with Crippen molar-refractivity contribution in [3.8, 4) is 17.1 Å². The second kappa shape index (κ2) is 4.98. The molecule has 3 aromatic heterocycles. The summed E-state index contributed by atoms with van der Waals surface area (Å²) in [5, 5.41) is 12.3. The van der Waals surface area contributed by atoms with E-state index >= 15 is 0 Å². The fraction of sp³-hybridized carbons (Fsp3) is 0.0625. The molecule has 8 nitrogen and oxygen atoms in total. The molecule has 5 N–H and O–H groups in total. The van der Waals surface area contributed by atoms with E-state index in [0.29, 0.717) is 11.5 Å². The maximum Gasteiger partial charge on any atom is 0.254 e. The van der Waals surface area contributed by atoms with Gasteiger partial charge in [-0.15, -0.1) is 0 Å². The number of fused-ring (bicyclic) bond motifs is 1. The standard InChI is InChI=1S/C16H14N6O2/c1-8-4-5-10-9(7-19-20-10)14(8)22-15(17)12(16(18)23)13(21-22)11-3-2-6-24-11/h2-7H,17H2,1H3,(H2,18,23)(H,19,20). The number of carbonyl (C=O) groups is 1. The largest absolute Gasteiger partial charge is 0.463 e. The van der Waals surface area contributed by atoms with E-state index < -0.39 is 5.91 Å². The van der Waals surface area contributed by atoms with E-state index in [2.05, 4.69) is 15.3 Å². The predicted octanol–water partition coefficient (Wildman–Crippen LogP) is 2.00. The number of amides is 1. The topological polar surface area (TPSA) is 129 Å². The van der Waals surface area contributed by atoms with Gasteiger partial charge in [-0.25, -0.2) is 4.68 Å². The van der Waals surface area contributed by atoms with Gasteiger partial charge in [-0.3, -0.25) is 9.89 Å². The number of nitrogens with zero attached hydrogens (tertiary/aromatic N) is 3. The summed E-state index contributed by atoms with van der Waals surface area (Å²) in [6.07, 6.45) is 3.19. The lowest BCUT2D eigenvalue weighted by atomic mass is 10.1. The number of primary amides is 1. The number of rotatable bonds is 3. The second-order valence-corrected chi connectivity index (χ2v) is 5.42. The summed E-state index contributed by atoms with van der Waals surface area (Å²) < 4.78 is 6.86. The molecule has 0 saturated heterocycles. The first kappa shape index (κ1) is 14.1. The van der Waals surface area contributed by atoms with Gasteiger partial charge in [-0.2, -0.15) is 10.2 Å². The molecule has 3 heterocycles. The molecule has 120 valence electrons. The molecule has 0 spiro atoms. The summed E-state index contributed by atoms with van der Waals surface area (Å²) in [6.45, 7) is 1.93. The van der Waals surface area contributed by atoms with Gasteiger partial charge in [0.15, 0.2) is 5.76 Å². The zero-order valence-electron chi connectivity index (χ0n) is 12.8. The van der Waals surface area contributed by atoms with Crippen LogP contribution >= 0.6 is 0 Å². The highest BCUT2D eigenvalue weighted by molar-refractivity contribution is 6.03. The van der Waals surface area contributed by atoms with E-state index in [-0.39, 0.29) is 11.4 Å². The number of aromatic amines is 1. The first-order valence-corrected chi connectivity index (χ1v) is 7.23. The van der Waals surface area contributed by atoms with Crippen LogP contribution in [-0.4, -0.2) is 25.9 Å². The number of anilines is 1. The van der Waals surface area contributed by atoms with Gasteiger partial charge in [0.2, 0.25) is 0 Å². The van der Waals surface area contributed by atoms with Crippen molar-refractivity contribution in [3.63, 3.8) is 0 Å². The zero-order valence-corrected chi connectivity index (χ0v) is 12.8. The molecule has 24 heavy (non-hydrogen) atoms. The fourth-order valence-corrected chi connectivity index (χ4v) is 2.82. The van der Waals surface area contributed by atoms with Gasteiger partial charge in [0.1, 0.15) is 17.1 Å². The van der Waals surface area contributed by atoms with Gasteiger partial charge in [0.05, 0.1) is 23.7 Å². The SMILES string of the molecule is Cc1ccc2[nH]ncc2c1-n1nc(-c2ccco2)c(C(N)=O)c1N. The molecule has 0 aliphatic rings. The van der Waals surface area contributed by atoms with Crippen molar-refractivity contribution in [2.24, 2.45) is 5.73 Å². The van der Waals surface area contributed by atoms with E-state index in [1.807, 2.05) is 19.1 Å². The van der Waals surface area contributed by atoms with E-state index in [4.69, 9.17) is 15.9 Å². The molecule has 0 atom stereocenters. The van der Waals surface area contributed by atoms with Crippen molar-refractivity contribution in [2.75, 3.05) is 5.73 Å². The number of benzene rings is 1. The maximum absolute atomic E-state index is 11.9. The van der Waals surface area contributed by atoms with E-state index in [9.17, 15) is 4.79 Å². The van der Waals surface area contributed by atoms with Crippen molar-refractivity contribution < 1.29 is 9.21 Å². The number of hydrogen-bond acceptors (Lipinski definition) is 5. The number of furan rings is 1. The molecule has 0 unspecified atom stereocenters. The molecule has 0 aliphatic carbocycles. The van der Waals surface area contributed by atoms with Crippen molar-refractivity contribution in [3.05, 3.63) is 47.9 Å². The Morgan fingerprint density at radius 2 is 2.17 bits per heavy atom. The average molecular weight is 322 g/mol. The fourth-order valence-electron chi connectivity index (χ4n) is 2.82. The van der Waals surface area contributed by atoms with Crippen molar-refractivity contribution in [1.82, 2.24) is 20.0 Å². The van der Waals surface area contributed by atoms with Crippen LogP contribution in [0.5, 0.6) is 0 Å². The third-order valence-corrected chi connectivity index (χ3v) is 3.93. The van der Waals surface area contributed by atoms with Gasteiger partial charge in [0, 0.05) is 5.39 Å².